The molecule has 1 unspecified atom stereocenters. The first-order valence-corrected chi connectivity index (χ1v) is 13.7. The van der Waals surface area contributed by atoms with E-state index in [0.717, 1.165) is 33.8 Å². The maximum absolute atomic E-state index is 13.7. The molecule has 2 amide bonds. The second kappa shape index (κ2) is 12.8. The molecular weight excluding hydrogens is 488 g/mol. The molecule has 1 atom stereocenters. The molecule has 10 heteroatoms. The minimum atomic E-state index is -3.81. The number of carbonyl (C=O) groups excluding carboxylic acids is 2. The van der Waals surface area contributed by atoms with Crippen LogP contribution >= 0.6 is 0 Å². The van der Waals surface area contributed by atoms with Crippen molar-refractivity contribution in [1.29, 1.82) is 0 Å². The Balaban J connectivity index is 2.18. The van der Waals surface area contributed by atoms with Gasteiger partial charge >= 0.3 is 0 Å². The summed E-state index contributed by atoms with van der Waals surface area (Å²) in [6, 6.07) is 9.72. The molecule has 0 spiro atoms. The third-order valence-corrected chi connectivity index (χ3v) is 6.82. The molecule has 36 heavy (non-hydrogen) atoms. The van der Waals surface area contributed by atoms with Crippen LogP contribution in [-0.4, -0.2) is 50.5 Å². The Hall–Kier alpha value is -3.01. The highest BCUT2D eigenvalue weighted by Crippen LogP contribution is 2.22. The number of nitrogens with one attached hydrogen (secondary N) is 1. The van der Waals surface area contributed by atoms with Gasteiger partial charge in [-0.1, -0.05) is 43.7 Å². The highest BCUT2D eigenvalue weighted by molar-refractivity contribution is 7.92. The van der Waals surface area contributed by atoms with Gasteiger partial charge in [-0.05, 0) is 43.9 Å². The summed E-state index contributed by atoms with van der Waals surface area (Å²) in [5.41, 5.74) is 1.86. The van der Waals surface area contributed by atoms with E-state index in [0.29, 0.717) is 6.54 Å². The van der Waals surface area contributed by atoms with Gasteiger partial charge in [-0.3, -0.25) is 13.9 Å². The molecule has 0 fully saturated rings. The van der Waals surface area contributed by atoms with Crippen LogP contribution in [0.25, 0.3) is 0 Å². The van der Waals surface area contributed by atoms with Crippen molar-refractivity contribution >= 4 is 27.5 Å². The van der Waals surface area contributed by atoms with Crippen molar-refractivity contribution in [3.63, 3.8) is 0 Å². The number of sulfonamides is 1. The van der Waals surface area contributed by atoms with Crippen LogP contribution in [0.3, 0.4) is 0 Å². The van der Waals surface area contributed by atoms with Crippen molar-refractivity contribution in [2.45, 2.75) is 53.1 Å². The van der Waals surface area contributed by atoms with Crippen LogP contribution in [0.1, 0.15) is 44.7 Å². The van der Waals surface area contributed by atoms with Gasteiger partial charge < -0.3 is 10.2 Å². The number of anilines is 1. The van der Waals surface area contributed by atoms with E-state index in [9.17, 15) is 26.8 Å². The van der Waals surface area contributed by atoms with E-state index in [1.165, 1.54) is 11.0 Å². The summed E-state index contributed by atoms with van der Waals surface area (Å²) < 4.78 is 52.6. The summed E-state index contributed by atoms with van der Waals surface area (Å²) in [4.78, 5) is 27.5. The fraction of sp³-hybridized carbons (Fsp3) is 0.462. The van der Waals surface area contributed by atoms with Crippen LogP contribution in [0.5, 0.6) is 0 Å². The third-order valence-electron chi connectivity index (χ3n) is 5.63. The number of rotatable bonds is 12. The second-order valence-corrected chi connectivity index (χ2v) is 11.3. The van der Waals surface area contributed by atoms with Crippen LogP contribution in [0.2, 0.25) is 0 Å². The average molecular weight is 524 g/mol. The van der Waals surface area contributed by atoms with Gasteiger partial charge in [0.05, 0.1) is 11.9 Å². The summed E-state index contributed by atoms with van der Waals surface area (Å²) >= 11 is 0. The Labute approximate surface area is 212 Å². The Bertz CT molecular complexity index is 1170. The molecular formula is C26H35F2N3O4S. The number of halogens is 2. The zero-order valence-electron chi connectivity index (χ0n) is 21.4. The molecule has 0 saturated carbocycles. The average Bonchev–Trinajstić information content (AvgIpc) is 2.79. The topological polar surface area (TPSA) is 86.8 Å². The van der Waals surface area contributed by atoms with Gasteiger partial charge in [-0.25, -0.2) is 17.2 Å². The Kier molecular flexibility index (Phi) is 10.4. The lowest BCUT2D eigenvalue weighted by molar-refractivity contribution is -0.140. The standard InChI is InChI=1S/C26H35F2N3O4S/c1-18(2)16-29-26(33)20(4)30(17-21-9-6-8-19(3)14-21)25(32)10-7-13-31(36(5,34)35)22-11-12-23(27)24(28)15-22/h6,8-9,11-12,14-15,18,20H,7,10,13,16-17H2,1-5H3,(H,29,33). The minimum Gasteiger partial charge on any atom is -0.354 e. The molecule has 0 aliphatic heterocycles. The second-order valence-electron chi connectivity index (χ2n) is 9.36. The first-order chi connectivity index (χ1) is 16.8. The number of carbonyl (C=O) groups is 2. The molecule has 0 saturated heterocycles. The summed E-state index contributed by atoms with van der Waals surface area (Å²) in [5.74, 6) is -2.59. The van der Waals surface area contributed by atoms with Crippen LogP contribution < -0.4 is 9.62 Å². The maximum Gasteiger partial charge on any atom is 0.242 e. The van der Waals surface area contributed by atoms with Gasteiger partial charge in [0.15, 0.2) is 11.6 Å². The molecule has 0 heterocycles. The molecule has 7 nitrogen and oxygen atoms in total. The van der Waals surface area contributed by atoms with E-state index >= 15 is 0 Å². The highest BCUT2D eigenvalue weighted by Gasteiger charge is 2.27. The zero-order chi connectivity index (χ0) is 27.0. The number of nitrogens with zero attached hydrogens (tertiary/aromatic N) is 2. The molecule has 0 radical (unpaired) electrons. The molecule has 2 rings (SSSR count). The number of hydrogen-bond donors (Lipinski definition) is 1. The lowest BCUT2D eigenvalue weighted by atomic mass is 10.1. The predicted octanol–water partition coefficient (Wildman–Crippen LogP) is 4.01. The molecule has 0 aliphatic carbocycles. The van der Waals surface area contributed by atoms with E-state index in [2.05, 4.69) is 5.32 Å². The Morgan fingerprint density at radius 3 is 2.31 bits per heavy atom. The molecule has 0 aliphatic rings. The van der Waals surface area contributed by atoms with Crippen molar-refractivity contribution in [3.05, 3.63) is 65.2 Å². The van der Waals surface area contributed by atoms with Gasteiger partial charge in [0.25, 0.3) is 0 Å². The van der Waals surface area contributed by atoms with E-state index in [1.54, 1.807) is 6.92 Å². The van der Waals surface area contributed by atoms with E-state index < -0.39 is 27.7 Å². The summed E-state index contributed by atoms with van der Waals surface area (Å²) in [6.07, 6.45) is 1.04. The fourth-order valence-corrected chi connectivity index (χ4v) is 4.64. The lowest BCUT2D eigenvalue weighted by Gasteiger charge is -2.30. The maximum atomic E-state index is 13.7. The van der Waals surface area contributed by atoms with E-state index in [1.807, 2.05) is 45.0 Å². The normalized spacial score (nSPS) is 12.3. The summed E-state index contributed by atoms with van der Waals surface area (Å²) in [6.45, 7) is 8.13. The highest BCUT2D eigenvalue weighted by atomic mass is 32.2. The Morgan fingerprint density at radius 2 is 1.72 bits per heavy atom. The SMILES string of the molecule is Cc1cccc(CN(C(=O)CCCN(c2ccc(F)c(F)c2)S(C)(=O)=O)C(C)C(=O)NCC(C)C)c1. The molecule has 198 valence electrons. The molecule has 0 bridgehead atoms. The summed E-state index contributed by atoms with van der Waals surface area (Å²) in [5, 5.41) is 2.85. The van der Waals surface area contributed by atoms with Crippen molar-refractivity contribution in [2.24, 2.45) is 5.92 Å². The number of benzene rings is 2. The molecule has 2 aromatic carbocycles. The molecule has 0 aromatic heterocycles. The fourth-order valence-electron chi connectivity index (χ4n) is 3.69. The van der Waals surface area contributed by atoms with Gasteiger partial charge in [-0.2, -0.15) is 0 Å². The van der Waals surface area contributed by atoms with Gasteiger partial charge in [-0.15, -0.1) is 0 Å². The van der Waals surface area contributed by atoms with Crippen LogP contribution in [0.15, 0.2) is 42.5 Å². The van der Waals surface area contributed by atoms with E-state index in [4.69, 9.17) is 0 Å². The minimum absolute atomic E-state index is 0.0260. The largest absolute Gasteiger partial charge is 0.354 e. The van der Waals surface area contributed by atoms with Crippen molar-refractivity contribution < 1.29 is 26.8 Å². The first kappa shape index (κ1) is 29.2. The van der Waals surface area contributed by atoms with Crippen LogP contribution in [0.4, 0.5) is 14.5 Å². The van der Waals surface area contributed by atoms with Crippen molar-refractivity contribution in [1.82, 2.24) is 10.2 Å². The van der Waals surface area contributed by atoms with Crippen LogP contribution in [0, 0.1) is 24.5 Å². The lowest BCUT2D eigenvalue weighted by Crippen LogP contribution is -2.48. The van der Waals surface area contributed by atoms with Crippen molar-refractivity contribution in [3.8, 4) is 0 Å². The quantitative estimate of drug-likeness (QED) is 0.456. The van der Waals surface area contributed by atoms with Gasteiger partial charge in [0.2, 0.25) is 21.8 Å². The first-order valence-electron chi connectivity index (χ1n) is 11.8. The number of hydrogen-bond acceptors (Lipinski definition) is 4. The molecule has 1 N–H and O–H groups in total. The number of aryl methyl sites for hydroxylation is 1. The van der Waals surface area contributed by atoms with Gasteiger partial charge in [0.1, 0.15) is 6.04 Å². The van der Waals surface area contributed by atoms with E-state index in [-0.39, 0.29) is 49.4 Å². The van der Waals surface area contributed by atoms with Gasteiger partial charge in [0, 0.05) is 32.1 Å². The zero-order valence-corrected chi connectivity index (χ0v) is 22.2. The third kappa shape index (κ3) is 8.58. The predicted molar refractivity (Wildman–Crippen MR) is 137 cm³/mol. The van der Waals surface area contributed by atoms with Crippen molar-refractivity contribution in [2.75, 3.05) is 23.7 Å². The summed E-state index contributed by atoms with van der Waals surface area (Å²) in [7, 11) is -3.81. The Morgan fingerprint density at radius 1 is 1.03 bits per heavy atom. The monoisotopic (exact) mass is 523 g/mol. The van der Waals surface area contributed by atoms with Crippen LogP contribution in [-0.2, 0) is 26.2 Å². The number of amides is 2. The molecule has 2 aromatic rings. The smallest absolute Gasteiger partial charge is 0.242 e.